The molecule has 1 aliphatic heterocycles. The molecular weight excluding hydrogens is 386 g/mol. The van der Waals surface area contributed by atoms with Gasteiger partial charge in [0, 0.05) is 43.8 Å². The summed E-state index contributed by atoms with van der Waals surface area (Å²) in [6, 6.07) is 9.40. The fraction of sp³-hybridized carbons (Fsp3) is 0.348. The van der Waals surface area contributed by atoms with Crippen LogP contribution in [0.2, 0.25) is 0 Å². The second-order valence-electron chi connectivity index (χ2n) is 7.63. The molecule has 3 aromatic rings. The largest absolute Gasteiger partial charge is 0.494 e. The normalized spacial score (nSPS) is 15.5. The van der Waals surface area contributed by atoms with E-state index in [-0.39, 0.29) is 22.6 Å². The van der Waals surface area contributed by atoms with E-state index in [0.717, 1.165) is 32.7 Å². The zero-order chi connectivity index (χ0) is 21.1. The predicted octanol–water partition coefficient (Wildman–Crippen LogP) is 4.82. The first-order chi connectivity index (χ1) is 14.6. The summed E-state index contributed by atoms with van der Waals surface area (Å²) in [7, 11) is 0. The Morgan fingerprint density at radius 3 is 2.63 bits per heavy atom. The summed E-state index contributed by atoms with van der Waals surface area (Å²) in [5.41, 5.74) is 1.71. The third-order valence-corrected chi connectivity index (χ3v) is 5.61. The number of benzene rings is 2. The zero-order valence-corrected chi connectivity index (χ0v) is 17.0. The number of rotatable bonds is 6. The molecular formula is C23H26F2N4O. The van der Waals surface area contributed by atoms with Gasteiger partial charge in [0.1, 0.15) is 11.6 Å². The molecule has 2 N–H and O–H groups in total. The molecule has 2 heterocycles. The summed E-state index contributed by atoms with van der Waals surface area (Å²) in [6.07, 6.45) is 3.73. The van der Waals surface area contributed by atoms with Gasteiger partial charge in [-0.25, -0.2) is 8.78 Å². The highest BCUT2D eigenvalue weighted by Gasteiger charge is 2.19. The van der Waals surface area contributed by atoms with Crippen molar-refractivity contribution < 1.29 is 13.9 Å². The van der Waals surface area contributed by atoms with Crippen molar-refractivity contribution in [1.82, 2.24) is 9.88 Å². The minimum atomic E-state index is -0.454. The average Bonchev–Trinajstić information content (AvgIpc) is 3.07. The van der Waals surface area contributed by atoms with Crippen molar-refractivity contribution in [2.45, 2.75) is 19.8 Å². The molecule has 1 saturated heterocycles. The minimum Gasteiger partial charge on any atom is -0.494 e. The molecule has 0 amide bonds. The second-order valence-corrected chi connectivity index (χ2v) is 7.63. The van der Waals surface area contributed by atoms with Crippen LogP contribution in [0.4, 0.5) is 20.2 Å². The highest BCUT2D eigenvalue weighted by molar-refractivity contribution is 6.02. The van der Waals surface area contributed by atoms with Crippen LogP contribution >= 0.6 is 0 Å². The van der Waals surface area contributed by atoms with Crippen LogP contribution in [0.25, 0.3) is 10.9 Å². The topological polar surface area (TPSA) is 54.9 Å². The first kappa shape index (κ1) is 20.3. The SMILES string of the molecule is CCCCN1CCN(c2ccc(N=Cc3c(O)[nH]c4cccc(F)c34)cc2F)CC1. The lowest BCUT2D eigenvalue weighted by molar-refractivity contribution is 0.253. The first-order valence-electron chi connectivity index (χ1n) is 10.4. The van der Waals surface area contributed by atoms with E-state index in [1.807, 2.05) is 0 Å². The predicted molar refractivity (Wildman–Crippen MR) is 117 cm³/mol. The number of aromatic hydroxyl groups is 1. The zero-order valence-electron chi connectivity index (χ0n) is 17.0. The molecule has 0 atom stereocenters. The number of nitrogens with zero attached hydrogens (tertiary/aromatic N) is 3. The summed E-state index contributed by atoms with van der Waals surface area (Å²) in [5.74, 6) is -0.956. The van der Waals surface area contributed by atoms with Crippen molar-refractivity contribution >= 4 is 28.5 Å². The van der Waals surface area contributed by atoms with Crippen LogP contribution < -0.4 is 4.90 Å². The van der Waals surface area contributed by atoms with Gasteiger partial charge in [-0.3, -0.25) is 9.89 Å². The van der Waals surface area contributed by atoms with Gasteiger partial charge in [0.15, 0.2) is 5.88 Å². The number of hydrogen-bond donors (Lipinski definition) is 2. The van der Waals surface area contributed by atoms with Crippen LogP contribution in [-0.4, -0.2) is 53.9 Å². The molecule has 0 aliphatic carbocycles. The maximum absolute atomic E-state index is 14.8. The molecule has 4 rings (SSSR count). The second kappa shape index (κ2) is 8.83. The number of H-pyrrole nitrogens is 1. The van der Waals surface area contributed by atoms with Gasteiger partial charge in [-0.05, 0) is 37.2 Å². The Hall–Kier alpha value is -2.93. The molecule has 30 heavy (non-hydrogen) atoms. The van der Waals surface area contributed by atoms with E-state index >= 15 is 0 Å². The minimum absolute atomic E-state index is 0.170. The third-order valence-electron chi connectivity index (χ3n) is 5.61. The summed E-state index contributed by atoms with van der Waals surface area (Å²) in [4.78, 5) is 11.5. The number of anilines is 1. The van der Waals surface area contributed by atoms with Crippen LogP contribution in [0, 0.1) is 11.6 Å². The molecule has 0 unspecified atom stereocenters. The number of fused-ring (bicyclic) bond motifs is 1. The summed E-state index contributed by atoms with van der Waals surface area (Å²) >= 11 is 0. The summed E-state index contributed by atoms with van der Waals surface area (Å²) in [6.45, 7) is 6.75. The van der Waals surface area contributed by atoms with Crippen LogP contribution in [0.3, 0.4) is 0 Å². The number of aromatic nitrogens is 1. The quantitative estimate of drug-likeness (QED) is 0.571. The number of aliphatic imine (C=N–C) groups is 1. The van der Waals surface area contributed by atoms with Crippen molar-refractivity contribution in [3.05, 3.63) is 53.6 Å². The lowest BCUT2D eigenvalue weighted by Crippen LogP contribution is -2.46. The van der Waals surface area contributed by atoms with Gasteiger partial charge in [-0.15, -0.1) is 0 Å². The summed E-state index contributed by atoms with van der Waals surface area (Å²) < 4.78 is 28.9. The van der Waals surface area contributed by atoms with Crippen LogP contribution in [0.15, 0.2) is 41.4 Å². The number of hydrogen-bond acceptors (Lipinski definition) is 4. The van der Waals surface area contributed by atoms with Gasteiger partial charge in [0.05, 0.1) is 22.5 Å². The van der Waals surface area contributed by atoms with Gasteiger partial charge >= 0.3 is 0 Å². The molecule has 0 saturated carbocycles. The standard InChI is InChI=1S/C23H26F2N4O/c1-2-3-9-28-10-12-29(13-11-28)21-8-7-16(14-19(21)25)26-15-17-22-18(24)5-4-6-20(22)27-23(17)30/h4-8,14-15,27,30H,2-3,9-13H2,1H3. The molecule has 7 heteroatoms. The molecule has 0 spiro atoms. The Morgan fingerprint density at radius 2 is 1.90 bits per heavy atom. The van der Waals surface area contributed by atoms with Crippen molar-refractivity contribution in [1.29, 1.82) is 0 Å². The number of aromatic amines is 1. The molecule has 1 fully saturated rings. The Balaban J connectivity index is 1.49. The molecule has 0 bridgehead atoms. The van der Waals surface area contributed by atoms with Crippen LogP contribution in [0.5, 0.6) is 5.88 Å². The van der Waals surface area contributed by atoms with Gasteiger partial charge in [-0.2, -0.15) is 0 Å². The maximum atomic E-state index is 14.8. The first-order valence-corrected chi connectivity index (χ1v) is 10.4. The monoisotopic (exact) mass is 412 g/mol. The molecule has 2 aromatic carbocycles. The third kappa shape index (κ3) is 4.16. The molecule has 1 aliphatic rings. The summed E-state index contributed by atoms with van der Waals surface area (Å²) in [5, 5.41) is 10.3. The van der Waals surface area contributed by atoms with Crippen molar-refractivity contribution in [3.63, 3.8) is 0 Å². The van der Waals surface area contributed by atoms with Gasteiger partial charge in [0.25, 0.3) is 0 Å². The van der Waals surface area contributed by atoms with Crippen molar-refractivity contribution in [3.8, 4) is 5.88 Å². The van der Waals surface area contributed by atoms with Crippen molar-refractivity contribution in [2.24, 2.45) is 4.99 Å². The van der Waals surface area contributed by atoms with Crippen molar-refractivity contribution in [2.75, 3.05) is 37.6 Å². The fourth-order valence-electron chi connectivity index (χ4n) is 3.91. The molecule has 158 valence electrons. The number of nitrogens with one attached hydrogen (secondary N) is 1. The number of halogens is 2. The lowest BCUT2D eigenvalue weighted by Gasteiger charge is -2.36. The Morgan fingerprint density at radius 1 is 1.10 bits per heavy atom. The van der Waals surface area contributed by atoms with E-state index in [1.165, 1.54) is 31.2 Å². The lowest BCUT2D eigenvalue weighted by atomic mass is 10.1. The maximum Gasteiger partial charge on any atom is 0.198 e. The van der Waals surface area contributed by atoms with E-state index < -0.39 is 5.82 Å². The highest BCUT2D eigenvalue weighted by atomic mass is 19.1. The fourth-order valence-corrected chi connectivity index (χ4v) is 3.91. The van der Waals surface area contributed by atoms with Gasteiger partial charge in [0.2, 0.25) is 0 Å². The van der Waals surface area contributed by atoms with Crippen LogP contribution in [0.1, 0.15) is 25.3 Å². The molecule has 5 nitrogen and oxygen atoms in total. The van der Waals surface area contributed by atoms with E-state index in [9.17, 15) is 13.9 Å². The Bertz CT molecular complexity index is 1050. The smallest absolute Gasteiger partial charge is 0.198 e. The average molecular weight is 412 g/mol. The Labute approximate surface area is 174 Å². The molecule has 1 aromatic heterocycles. The van der Waals surface area contributed by atoms with E-state index in [2.05, 4.69) is 26.7 Å². The van der Waals surface area contributed by atoms with E-state index in [4.69, 9.17) is 0 Å². The van der Waals surface area contributed by atoms with Crippen LogP contribution in [-0.2, 0) is 0 Å². The van der Waals surface area contributed by atoms with Gasteiger partial charge in [-0.1, -0.05) is 19.4 Å². The number of unbranched alkanes of at least 4 members (excludes halogenated alkanes) is 1. The highest BCUT2D eigenvalue weighted by Crippen LogP contribution is 2.29. The molecule has 0 radical (unpaired) electrons. The number of piperazine rings is 1. The Kier molecular flexibility index (Phi) is 5.99. The van der Waals surface area contributed by atoms with E-state index in [1.54, 1.807) is 24.3 Å². The van der Waals surface area contributed by atoms with E-state index in [0.29, 0.717) is 16.9 Å². The van der Waals surface area contributed by atoms with Gasteiger partial charge < -0.3 is 15.0 Å².